The summed E-state index contributed by atoms with van der Waals surface area (Å²) in [6, 6.07) is 0. The highest BCUT2D eigenvalue weighted by Crippen LogP contribution is 2.55. The first kappa shape index (κ1) is 11.1. The summed E-state index contributed by atoms with van der Waals surface area (Å²) in [6.07, 6.45) is 5.86. The zero-order valence-electron chi connectivity index (χ0n) is 9.97. The van der Waals surface area contributed by atoms with Crippen LogP contribution >= 0.6 is 0 Å². The van der Waals surface area contributed by atoms with Gasteiger partial charge in [0, 0.05) is 12.5 Å². The van der Waals surface area contributed by atoms with Crippen LogP contribution in [-0.2, 0) is 9.59 Å². The highest BCUT2D eigenvalue weighted by atomic mass is 16.4. The van der Waals surface area contributed by atoms with Crippen molar-refractivity contribution in [2.45, 2.75) is 32.1 Å². The lowest BCUT2D eigenvalue weighted by atomic mass is 10.2. The lowest BCUT2D eigenvalue weighted by Crippen LogP contribution is -2.38. The Morgan fingerprint density at radius 1 is 1.18 bits per heavy atom. The quantitative estimate of drug-likeness (QED) is 0.758. The minimum Gasteiger partial charge on any atom is -0.480 e. The molecular formula is C13H19NO3. The number of carbonyl (C=O) groups excluding carboxylic acids is 1. The van der Waals surface area contributed by atoms with Crippen molar-refractivity contribution in [2.75, 3.05) is 13.1 Å². The molecule has 17 heavy (non-hydrogen) atoms. The molecule has 1 N–H and O–H groups in total. The van der Waals surface area contributed by atoms with Gasteiger partial charge in [0.05, 0.1) is 0 Å². The molecule has 0 aromatic rings. The molecule has 0 aromatic carbocycles. The van der Waals surface area contributed by atoms with E-state index < -0.39 is 5.97 Å². The van der Waals surface area contributed by atoms with Crippen molar-refractivity contribution in [1.29, 1.82) is 0 Å². The van der Waals surface area contributed by atoms with E-state index in [0.29, 0.717) is 18.4 Å². The van der Waals surface area contributed by atoms with E-state index in [0.717, 1.165) is 25.2 Å². The zero-order chi connectivity index (χ0) is 12.0. The van der Waals surface area contributed by atoms with Gasteiger partial charge < -0.3 is 10.0 Å². The molecular weight excluding hydrogens is 218 g/mol. The second-order valence-electron chi connectivity index (χ2n) is 5.90. The van der Waals surface area contributed by atoms with Crippen LogP contribution in [0.2, 0.25) is 0 Å². The maximum atomic E-state index is 12.2. The maximum absolute atomic E-state index is 12.2. The smallest absolute Gasteiger partial charge is 0.323 e. The summed E-state index contributed by atoms with van der Waals surface area (Å²) in [4.78, 5) is 24.6. The van der Waals surface area contributed by atoms with Gasteiger partial charge in [0.15, 0.2) is 0 Å². The summed E-state index contributed by atoms with van der Waals surface area (Å²) in [7, 11) is 0. The van der Waals surface area contributed by atoms with Crippen molar-refractivity contribution in [3.63, 3.8) is 0 Å². The molecule has 0 aromatic heterocycles. The molecule has 0 bridgehead atoms. The Hall–Kier alpha value is -1.06. The molecule has 0 aliphatic heterocycles. The number of hydrogen-bond acceptors (Lipinski definition) is 2. The van der Waals surface area contributed by atoms with E-state index in [1.54, 1.807) is 4.90 Å². The molecule has 4 heteroatoms. The van der Waals surface area contributed by atoms with Crippen molar-refractivity contribution in [3.8, 4) is 0 Å². The third kappa shape index (κ3) is 2.61. The van der Waals surface area contributed by atoms with Crippen molar-refractivity contribution >= 4 is 11.9 Å². The second-order valence-corrected chi connectivity index (χ2v) is 5.90. The van der Waals surface area contributed by atoms with Gasteiger partial charge in [0.1, 0.15) is 6.54 Å². The van der Waals surface area contributed by atoms with E-state index in [2.05, 4.69) is 0 Å². The summed E-state index contributed by atoms with van der Waals surface area (Å²) in [5.74, 6) is 1.30. The Kier molecular flexibility index (Phi) is 2.60. The SMILES string of the molecule is O=C(O)CN(CC1CC1)C(=O)[C@H]1C[C@@H]1C1CC1. The summed E-state index contributed by atoms with van der Waals surface area (Å²) < 4.78 is 0. The van der Waals surface area contributed by atoms with E-state index in [1.165, 1.54) is 12.8 Å². The number of aliphatic carboxylic acids is 1. The number of carboxylic acid groups (broad SMARTS) is 1. The van der Waals surface area contributed by atoms with Gasteiger partial charge in [-0.05, 0) is 49.9 Å². The van der Waals surface area contributed by atoms with Gasteiger partial charge in [0.2, 0.25) is 5.91 Å². The van der Waals surface area contributed by atoms with Gasteiger partial charge in [-0.1, -0.05) is 0 Å². The van der Waals surface area contributed by atoms with Crippen molar-refractivity contribution in [1.82, 2.24) is 4.90 Å². The molecule has 4 nitrogen and oxygen atoms in total. The molecule has 0 unspecified atom stereocenters. The second kappa shape index (κ2) is 4.00. The Labute approximate surface area is 101 Å². The molecule has 94 valence electrons. The fourth-order valence-electron chi connectivity index (χ4n) is 2.79. The van der Waals surface area contributed by atoms with Crippen molar-refractivity contribution < 1.29 is 14.7 Å². The molecule has 0 spiro atoms. The molecule has 0 heterocycles. The Morgan fingerprint density at radius 3 is 2.41 bits per heavy atom. The topological polar surface area (TPSA) is 57.6 Å². The largest absolute Gasteiger partial charge is 0.480 e. The van der Waals surface area contributed by atoms with Crippen LogP contribution < -0.4 is 0 Å². The van der Waals surface area contributed by atoms with Crippen LogP contribution in [0.15, 0.2) is 0 Å². The lowest BCUT2D eigenvalue weighted by molar-refractivity contribution is -0.145. The molecule has 3 aliphatic rings. The van der Waals surface area contributed by atoms with Crippen LogP contribution in [0.1, 0.15) is 32.1 Å². The number of rotatable bonds is 6. The third-order valence-electron chi connectivity index (χ3n) is 4.20. The molecule has 2 atom stereocenters. The molecule has 3 aliphatic carbocycles. The lowest BCUT2D eigenvalue weighted by Gasteiger charge is -2.20. The van der Waals surface area contributed by atoms with Crippen LogP contribution in [0.25, 0.3) is 0 Å². The predicted molar refractivity (Wildman–Crippen MR) is 61.3 cm³/mol. The van der Waals surface area contributed by atoms with Gasteiger partial charge in [-0.25, -0.2) is 0 Å². The van der Waals surface area contributed by atoms with E-state index in [4.69, 9.17) is 5.11 Å². The van der Waals surface area contributed by atoms with Crippen molar-refractivity contribution in [3.05, 3.63) is 0 Å². The number of amides is 1. The minimum absolute atomic E-state index is 0.108. The molecule has 3 rings (SSSR count). The first-order valence-electron chi connectivity index (χ1n) is 6.65. The fraction of sp³-hybridized carbons (Fsp3) is 0.846. The highest BCUT2D eigenvalue weighted by Gasteiger charge is 2.52. The molecule has 0 radical (unpaired) electrons. The van der Waals surface area contributed by atoms with E-state index in [-0.39, 0.29) is 18.4 Å². The van der Waals surface area contributed by atoms with Gasteiger partial charge >= 0.3 is 5.97 Å². The zero-order valence-corrected chi connectivity index (χ0v) is 9.97. The Bertz CT molecular complexity index is 347. The normalized spacial score (nSPS) is 31.1. The van der Waals surface area contributed by atoms with Gasteiger partial charge in [0.25, 0.3) is 0 Å². The standard InChI is InChI=1S/C13H19NO3/c15-12(16)7-14(6-8-1-2-8)13(17)11-5-10(11)9-3-4-9/h8-11H,1-7H2,(H,15,16)/t10-,11+/m1/s1. The average Bonchev–Trinajstić information content (AvgIpc) is 3.11. The van der Waals surface area contributed by atoms with Crippen LogP contribution in [0, 0.1) is 23.7 Å². The van der Waals surface area contributed by atoms with Crippen LogP contribution in [0.5, 0.6) is 0 Å². The van der Waals surface area contributed by atoms with Crippen molar-refractivity contribution in [2.24, 2.45) is 23.7 Å². The van der Waals surface area contributed by atoms with Gasteiger partial charge in [-0.3, -0.25) is 9.59 Å². The molecule has 0 saturated heterocycles. The monoisotopic (exact) mass is 237 g/mol. The molecule has 1 amide bonds. The summed E-state index contributed by atoms with van der Waals surface area (Å²) in [6.45, 7) is 0.558. The Balaban J connectivity index is 1.56. The molecule has 3 fully saturated rings. The highest BCUT2D eigenvalue weighted by molar-refractivity contribution is 5.85. The first-order chi connectivity index (χ1) is 8.15. The Morgan fingerprint density at radius 2 is 1.88 bits per heavy atom. The number of carboxylic acids is 1. The van der Waals surface area contributed by atoms with Gasteiger partial charge in [-0.2, -0.15) is 0 Å². The van der Waals surface area contributed by atoms with Crippen LogP contribution in [-0.4, -0.2) is 35.0 Å². The first-order valence-corrected chi connectivity index (χ1v) is 6.65. The minimum atomic E-state index is -0.886. The van der Waals surface area contributed by atoms with E-state index in [1.807, 2.05) is 0 Å². The van der Waals surface area contributed by atoms with Gasteiger partial charge in [-0.15, -0.1) is 0 Å². The molecule has 3 saturated carbocycles. The van der Waals surface area contributed by atoms with Crippen LogP contribution in [0.3, 0.4) is 0 Å². The number of hydrogen-bond donors (Lipinski definition) is 1. The van der Waals surface area contributed by atoms with E-state index in [9.17, 15) is 9.59 Å². The van der Waals surface area contributed by atoms with Crippen LogP contribution in [0.4, 0.5) is 0 Å². The number of nitrogens with zero attached hydrogens (tertiary/aromatic N) is 1. The third-order valence-corrected chi connectivity index (χ3v) is 4.20. The van der Waals surface area contributed by atoms with E-state index >= 15 is 0 Å². The summed E-state index contributed by atoms with van der Waals surface area (Å²) in [5.41, 5.74) is 0. The maximum Gasteiger partial charge on any atom is 0.323 e. The predicted octanol–water partition coefficient (Wildman–Crippen LogP) is 1.36. The summed E-state index contributed by atoms with van der Waals surface area (Å²) >= 11 is 0. The average molecular weight is 237 g/mol. The number of carbonyl (C=O) groups is 2. The fourth-order valence-corrected chi connectivity index (χ4v) is 2.79. The summed E-state index contributed by atoms with van der Waals surface area (Å²) in [5, 5.41) is 8.86.